The van der Waals surface area contributed by atoms with Crippen LogP contribution in [-0.2, 0) is 11.3 Å². The number of carbonyl (C=O) groups is 1. The summed E-state index contributed by atoms with van der Waals surface area (Å²) in [6, 6.07) is 4.23. The van der Waals surface area contributed by atoms with E-state index in [0.717, 1.165) is 18.4 Å². The van der Waals surface area contributed by atoms with E-state index in [4.69, 9.17) is 0 Å². The second kappa shape index (κ2) is 4.66. The highest BCUT2D eigenvalue weighted by Gasteiger charge is 2.28. The number of nitrogens with zero attached hydrogens (tertiary/aromatic N) is 1. The Morgan fingerprint density at radius 3 is 2.93 bits per heavy atom. The van der Waals surface area contributed by atoms with E-state index in [2.05, 4.69) is 35.0 Å². The SMILES string of the molecule is Cc1ccc(CN2CC(CBr)CC2=O)s1. The predicted octanol–water partition coefficient (Wildman–Crippen LogP) is 2.80. The lowest BCUT2D eigenvalue weighted by atomic mass is 10.2. The van der Waals surface area contributed by atoms with E-state index in [-0.39, 0.29) is 0 Å². The molecular weight excluding hydrogens is 274 g/mol. The average Bonchev–Trinajstić information content (AvgIpc) is 2.75. The minimum atomic E-state index is 0.297. The van der Waals surface area contributed by atoms with Crippen LogP contribution in [0, 0.1) is 12.8 Å². The maximum Gasteiger partial charge on any atom is 0.223 e. The maximum absolute atomic E-state index is 11.7. The van der Waals surface area contributed by atoms with Crippen LogP contribution in [-0.4, -0.2) is 22.7 Å². The van der Waals surface area contributed by atoms with Gasteiger partial charge in [-0.1, -0.05) is 15.9 Å². The second-order valence-electron chi connectivity index (χ2n) is 4.01. The van der Waals surface area contributed by atoms with Crippen LogP contribution in [0.4, 0.5) is 0 Å². The second-order valence-corrected chi connectivity index (χ2v) is 6.03. The molecule has 82 valence electrons. The molecule has 1 atom stereocenters. The van der Waals surface area contributed by atoms with Crippen molar-refractivity contribution in [2.45, 2.75) is 19.9 Å². The first-order chi connectivity index (χ1) is 7.19. The quantitative estimate of drug-likeness (QED) is 0.783. The van der Waals surface area contributed by atoms with Crippen LogP contribution in [0.15, 0.2) is 12.1 Å². The molecule has 0 saturated carbocycles. The number of thiophene rings is 1. The summed E-state index contributed by atoms with van der Waals surface area (Å²) in [7, 11) is 0. The molecule has 2 rings (SSSR count). The van der Waals surface area contributed by atoms with Crippen molar-refractivity contribution in [2.75, 3.05) is 11.9 Å². The summed E-state index contributed by atoms with van der Waals surface area (Å²) < 4.78 is 0. The predicted molar refractivity (Wildman–Crippen MR) is 66.4 cm³/mol. The minimum absolute atomic E-state index is 0.297. The molecule has 1 aliphatic rings. The zero-order valence-corrected chi connectivity index (χ0v) is 11.1. The molecular formula is C11H14BrNOS. The Bertz CT molecular complexity index is 363. The smallest absolute Gasteiger partial charge is 0.223 e. The molecule has 15 heavy (non-hydrogen) atoms. The molecule has 1 fully saturated rings. The topological polar surface area (TPSA) is 20.3 Å². The molecule has 0 aliphatic carbocycles. The monoisotopic (exact) mass is 287 g/mol. The normalized spacial score (nSPS) is 21.3. The average molecular weight is 288 g/mol. The van der Waals surface area contributed by atoms with Gasteiger partial charge in [-0.05, 0) is 25.0 Å². The van der Waals surface area contributed by atoms with E-state index in [1.54, 1.807) is 11.3 Å². The molecule has 2 heterocycles. The lowest BCUT2D eigenvalue weighted by Crippen LogP contribution is -2.24. The molecule has 0 aromatic carbocycles. The van der Waals surface area contributed by atoms with E-state index in [1.807, 2.05) is 4.90 Å². The van der Waals surface area contributed by atoms with Crippen molar-refractivity contribution >= 4 is 33.2 Å². The zero-order valence-electron chi connectivity index (χ0n) is 8.70. The van der Waals surface area contributed by atoms with Crippen molar-refractivity contribution < 1.29 is 4.79 Å². The first-order valence-corrected chi connectivity index (χ1v) is 7.02. The van der Waals surface area contributed by atoms with Crippen LogP contribution in [0.5, 0.6) is 0 Å². The first kappa shape index (κ1) is 11.1. The highest BCUT2D eigenvalue weighted by molar-refractivity contribution is 9.09. The van der Waals surface area contributed by atoms with Crippen LogP contribution in [0.1, 0.15) is 16.2 Å². The number of amides is 1. The van der Waals surface area contributed by atoms with Crippen LogP contribution >= 0.6 is 27.3 Å². The third-order valence-corrected chi connectivity index (χ3v) is 4.56. The van der Waals surface area contributed by atoms with Crippen molar-refractivity contribution in [3.8, 4) is 0 Å². The van der Waals surface area contributed by atoms with Gasteiger partial charge in [0.1, 0.15) is 0 Å². The molecule has 1 unspecified atom stereocenters. The van der Waals surface area contributed by atoms with Crippen molar-refractivity contribution in [1.29, 1.82) is 0 Å². The van der Waals surface area contributed by atoms with Gasteiger partial charge in [-0.2, -0.15) is 0 Å². The number of aryl methyl sites for hydroxylation is 1. The fraction of sp³-hybridized carbons (Fsp3) is 0.545. The number of hydrogen-bond acceptors (Lipinski definition) is 2. The summed E-state index contributed by atoms with van der Waals surface area (Å²) in [4.78, 5) is 16.2. The van der Waals surface area contributed by atoms with Crippen LogP contribution in [0.25, 0.3) is 0 Å². The van der Waals surface area contributed by atoms with Gasteiger partial charge in [0.05, 0.1) is 6.54 Å². The zero-order chi connectivity index (χ0) is 10.8. The Balaban J connectivity index is 1.98. The highest BCUT2D eigenvalue weighted by atomic mass is 79.9. The summed E-state index contributed by atoms with van der Waals surface area (Å²) in [5, 5.41) is 0.929. The van der Waals surface area contributed by atoms with E-state index in [0.29, 0.717) is 18.2 Å². The summed E-state index contributed by atoms with van der Waals surface area (Å²) in [5.74, 6) is 0.795. The number of alkyl halides is 1. The molecule has 1 aromatic heterocycles. The van der Waals surface area contributed by atoms with Crippen LogP contribution < -0.4 is 0 Å². The summed E-state index contributed by atoms with van der Waals surface area (Å²) in [5.41, 5.74) is 0. The molecule has 0 bridgehead atoms. The molecule has 1 aliphatic heterocycles. The molecule has 0 N–H and O–H groups in total. The summed E-state index contributed by atoms with van der Waals surface area (Å²) >= 11 is 5.22. The van der Waals surface area contributed by atoms with E-state index >= 15 is 0 Å². The molecule has 1 aromatic rings. The van der Waals surface area contributed by atoms with Crippen molar-refractivity contribution in [1.82, 2.24) is 4.90 Å². The fourth-order valence-corrected chi connectivity index (χ4v) is 3.21. The van der Waals surface area contributed by atoms with Gasteiger partial charge in [0, 0.05) is 28.0 Å². The fourth-order valence-electron chi connectivity index (χ4n) is 1.87. The van der Waals surface area contributed by atoms with Crippen LogP contribution in [0.2, 0.25) is 0 Å². The Labute approximate surface area is 102 Å². The van der Waals surface area contributed by atoms with Gasteiger partial charge in [0.2, 0.25) is 5.91 Å². The van der Waals surface area contributed by atoms with Gasteiger partial charge in [-0.3, -0.25) is 4.79 Å². The number of carbonyl (C=O) groups excluding carboxylic acids is 1. The molecule has 1 amide bonds. The maximum atomic E-state index is 11.7. The standard InChI is InChI=1S/C11H14BrNOS/c1-8-2-3-10(15-8)7-13-6-9(5-12)4-11(13)14/h2-3,9H,4-7H2,1H3. The Morgan fingerprint density at radius 1 is 1.60 bits per heavy atom. The third kappa shape index (κ3) is 2.61. The van der Waals surface area contributed by atoms with Gasteiger partial charge in [0.25, 0.3) is 0 Å². The Kier molecular flexibility index (Phi) is 3.46. The highest BCUT2D eigenvalue weighted by Crippen LogP contribution is 2.24. The molecule has 2 nitrogen and oxygen atoms in total. The van der Waals surface area contributed by atoms with E-state index in [9.17, 15) is 4.79 Å². The van der Waals surface area contributed by atoms with Crippen molar-refractivity contribution in [2.24, 2.45) is 5.92 Å². The first-order valence-electron chi connectivity index (χ1n) is 5.08. The molecule has 4 heteroatoms. The van der Waals surface area contributed by atoms with E-state index in [1.165, 1.54) is 9.75 Å². The van der Waals surface area contributed by atoms with Gasteiger partial charge in [-0.15, -0.1) is 11.3 Å². The Morgan fingerprint density at radius 2 is 2.40 bits per heavy atom. The largest absolute Gasteiger partial charge is 0.337 e. The number of rotatable bonds is 3. The third-order valence-electron chi connectivity index (χ3n) is 2.66. The molecule has 0 radical (unpaired) electrons. The van der Waals surface area contributed by atoms with Crippen molar-refractivity contribution in [3.63, 3.8) is 0 Å². The summed E-state index contributed by atoms with van der Waals surface area (Å²) in [6.07, 6.45) is 0.704. The van der Waals surface area contributed by atoms with Gasteiger partial charge in [0.15, 0.2) is 0 Å². The number of likely N-dealkylation sites (tertiary alicyclic amines) is 1. The van der Waals surface area contributed by atoms with Gasteiger partial charge in [-0.25, -0.2) is 0 Å². The van der Waals surface area contributed by atoms with E-state index < -0.39 is 0 Å². The number of hydrogen-bond donors (Lipinski definition) is 0. The summed E-state index contributed by atoms with van der Waals surface area (Å²) in [6.45, 7) is 3.79. The van der Waals surface area contributed by atoms with Gasteiger partial charge < -0.3 is 4.90 Å². The van der Waals surface area contributed by atoms with Crippen LogP contribution in [0.3, 0.4) is 0 Å². The van der Waals surface area contributed by atoms with Crippen molar-refractivity contribution in [3.05, 3.63) is 21.9 Å². The number of halogens is 1. The molecule has 1 saturated heterocycles. The Hall–Kier alpha value is -0.350. The minimum Gasteiger partial charge on any atom is -0.337 e. The lowest BCUT2D eigenvalue weighted by molar-refractivity contribution is -0.128. The lowest BCUT2D eigenvalue weighted by Gasteiger charge is -2.14. The molecule has 0 spiro atoms. The van der Waals surface area contributed by atoms with Gasteiger partial charge >= 0.3 is 0 Å².